The molecule has 2 saturated heterocycles. The molecule has 0 radical (unpaired) electrons. The number of imide groups is 1. The molecule has 33 heavy (non-hydrogen) atoms. The van der Waals surface area contributed by atoms with E-state index in [-0.39, 0.29) is 30.2 Å². The van der Waals surface area contributed by atoms with Crippen LogP contribution >= 0.6 is 0 Å². The van der Waals surface area contributed by atoms with E-state index in [1.165, 1.54) is 25.2 Å². The maximum atomic E-state index is 14.8. The number of H-pyrrole nitrogens is 1. The zero-order chi connectivity index (χ0) is 23.2. The first-order chi connectivity index (χ1) is 15.9. The molecule has 2 atom stereocenters. The number of rotatable bonds is 4. The largest absolute Gasteiger partial charge is 0.342 e. The lowest BCUT2D eigenvalue weighted by atomic mass is 9.75. The summed E-state index contributed by atoms with van der Waals surface area (Å²) in [5.74, 6) is -0.893. The second kappa shape index (κ2) is 8.10. The lowest BCUT2D eigenvalue weighted by Gasteiger charge is -2.35. The van der Waals surface area contributed by atoms with Gasteiger partial charge in [0.2, 0.25) is 17.7 Å². The van der Waals surface area contributed by atoms with Crippen molar-refractivity contribution in [2.75, 3.05) is 20.1 Å². The predicted molar refractivity (Wildman–Crippen MR) is 120 cm³/mol. The lowest BCUT2D eigenvalue weighted by Crippen LogP contribution is -2.45. The number of aromatic nitrogens is 2. The van der Waals surface area contributed by atoms with E-state index in [0.717, 1.165) is 34.6 Å². The third-order valence-electron chi connectivity index (χ3n) is 6.95. The number of hydrogen-bond donors (Lipinski definition) is 1. The Morgan fingerprint density at radius 3 is 2.67 bits per heavy atom. The lowest BCUT2D eigenvalue weighted by molar-refractivity contribution is -0.142. The molecule has 2 unspecified atom stereocenters. The molecular weight excluding hydrogens is 423 g/mol. The maximum absolute atomic E-state index is 14.8. The average Bonchev–Trinajstić information content (AvgIpc) is 3.35. The van der Waals surface area contributed by atoms with Gasteiger partial charge in [0.15, 0.2) is 0 Å². The average molecular weight is 448 g/mol. The number of benzene rings is 2. The van der Waals surface area contributed by atoms with Gasteiger partial charge in [-0.25, -0.2) is 9.37 Å². The van der Waals surface area contributed by atoms with Gasteiger partial charge in [0, 0.05) is 44.5 Å². The highest BCUT2D eigenvalue weighted by Gasteiger charge is 2.54. The Labute approximate surface area is 190 Å². The van der Waals surface area contributed by atoms with Crippen molar-refractivity contribution in [1.82, 2.24) is 19.8 Å². The molecule has 7 nitrogen and oxygen atoms in total. The summed E-state index contributed by atoms with van der Waals surface area (Å²) in [6.07, 6.45) is 1.24. The van der Waals surface area contributed by atoms with Gasteiger partial charge in [-0.05, 0) is 31.0 Å². The number of likely N-dealkylation sites (tertiary alicyclic amines) is 2. The van der Waals surface area contributed by atoms with Crippen molar-refractivity contribution in [3.63, 3.8) is 0 Å². The third-order valence-corrected chi connectivity index (χ3v) is 6.95. The van der Waals surface area contributed by atoms with Crippen molar-refractivity contribution in [3.05, 3.63) is 65.7 Å². The van der Waals surface area contributed by atoms with E-state index in [0.29, 0.717) is 13.1 Å². The van der Waals surface area contributed by atoms with Crippen LogP contribution in [0, 0.1) is 5.82 Å². The highest BCUT2D eigenvalue weighted by atomic mass is 19.1. The van der Waals surface area contributed by atoms with E-state index in [1.54, 1.807) is 11.0 Å². The summed E-state index contributed by atoms with van der Waals surface area (Å²) >= 11 is 0. The molecule has 3 heterocycles. The van der Waals surface area contributed by atoms with E-state index in [2.05, 4.69) is 9.97 Å². The van der Waals surface area contributed by atoms with Crippen LogP contribution in [0.2, 0.25) is 0 Å². The van der Waals surface area contributed by atoms with Gasteiger partial charge in [0.05, 0.1) is 16.4 Å². The number of carbonyl (C=O) groups excluding carboxylic acids is 3. The van der Waals surface area contributed by atoms with E-state index in [1.807, 2.05) is 24.3 Å². The number of fused-ring (bicyclic) bond motifs is 1. The molecule has 170 valence electrons. The van der Waals surface area contributed by atoms with Crippen LogP contribution in [-0.4, -0.2) is 57.6 Å². The van der Waals surface area contributed by atoms with Gasteiger partial charge in [-0.15, -0.1) is 0 Å². The SMILES string of the molecule is CN1C(=O)CC(CC(=O)N2CCCC(c3nc4ccccc4[nH]3)C2)(c2ccccc2F)C1=O. The molecular formula is C25H25FN4O3. The van der Waals surface area contributed by atoms with E-state index in [4.69, 9.17) is 0 Å². The summed E-state index contributed by atoms with van der Waals surface area (Å²) in [5, 5.41) is 0. The van der Waals surface area contributed by atoms with Crippen molar-refractivity contribution in [1.29, 1.82) is 0 Å². The van der Waals surface area contributed by atoms with E-state index < -0.39 is 23.0 Å². The summed E-state index contributed by atoms with van der Waals surface area (Å²) in [5.41, 5.74) is 0.424. The number of halogens is 1. The summed E-state index contributed by atoms with van der Waals surface area (Å²) in [4.78, 5) is 49.8. The molecule has 1 aromatic heterocycles. The van der Waals surface area contributed by atoms with Crippen molar-refractivity contribution in [3.8, 4) is 0 Å². The first-order valence-corrected chi connectivity index (χ1v) is 11.2. The number of nitrogens with one attached hydrogen (secondary N) is 1. The molecule has 3 amide bonds. The quantitative estimate of drug-likeness (QED) is 0.622. The first-order valence-electron chi connectivity index (χ1n) is 11.2. The second-order valence-corrected chi connectivity index (χ2v) is 8.99. The molecule has 0 saturated carbocycles. The third kappa shape index (κ3) is 3.59. The standard InChI is InChI=1S/C25H25FN4O3/c1-29-21(31)13-25(24(29)33,17-8-2-3-9-18(17)26)14-22(32)30-12-6-7-16(15-30)23-27-19-10-4-5-11-20(19)28-23/h2-5,8-11,16H,6-7,12-15H2,1H3,(H,27,28). The molecule has 0 spiro atoms. The molecule has 2 aliphatic heterocycles. The van der Waals surface area contributed by atoms with Crippen LogP contribution in [0.15, 0.2) is 48.5 Å². The van der Waals surface area contributed by atoms with Crippen LogP contribution in [0.5, 0.6) is 0 Å². The summed E-state index contributed by atoms with van der Waals surface area (Å²) < 4.78 is 14.8. The van der Waals surface area contributed by atoms with Gasteiger partial charge in [0.1, 0.15) is 11.6 Å². The predicted octanol–water partition coefficient (Wildman–Crippen LogP) is 3.12. The van der Waals surface area contributed by atoms with Gasteiger partial charge in [0.25, 0.3) is 0 Å². The molecule has 0 bridgehead atoms. The molecule has 2 aliphatic rings. The minimum absolute atomic E-state index is 0.0445. The summed E-state index contributed by atoms with van der Waals surface area (Å²) in [6, 6.07) is 13.7. The van der Waals surface area contributed by atoms with Gasteiger partial charge in [-0.1, -0.05) is 30.3 Å². The minimum atomic E-state index is -1.51. The monoisotopic (exact) mass is 448 g/mol. The zero-order valence-corrected chi connectivity index (χ0v) is 18.4. The number of nitrogens with zero attached hydrogens (tertiary/aromatic N) is 3. The smallest absolute Gasteiger partial charge is 0.240 e. The van der Waals surface area contributed by atoms with Crippen molar-refractivity contribution >= 4 is 28.8 Å². The van der Waals surface area contributed by atoms with Gasteiger partial charge in [-0.3, -0.25) is 19.3 Å². The topological polar surface area (TPSA) is 86.4 Å². The molecule has 2 fully saturated rings. The fourth-order valence-corrected chi connectivity index (χ4v) is 5.14. The van der Waals surface area contributed by atoms with Crippen LogP contribution < -0.4 is 0 Å². The Morgan fingerprint density at radius 2 is 1.94 bits per heavy atom. The highest BCUT2D eigenvalue weighted by molar-refractivity contribution is 6.10. The number of imidazole rings is 1. The van der Waals surface area contributed by atoms with E-state index >= 15 is 0 Å². The molecule has 5 rings (SSSR count). The number of aromatic amines is 1. The van der Waals surface area contributed by atoms with Crippen LogP contribution in [0.3, 0.4) is 0 Å². The van der Waals surface area contributed by atoms with Crippen LogP contribution in [-0.2, 0) is 19.8 Å². The Balaban J connectivity index is 1.41. The Kier molecular flexibility index (Phi) is 5.23. The number of para-hydroxylation sites is 2. The summed E-state index contributed by atoms with van der Waals surface area (Å²) in [6.45, 7) is 1.02. The first kappa shape index (κ1) is 21.3. The fourth-order valence-electron chi connectivity index (χ4n) is 5.14. The van der Waals surface area contributed by atoms with Crippen LogP contribution in [0.25, 0.3) is 11.0 Å². The number of likely N-dealkylation sites (N-methyl/N-ethyl adjacent to an activating group) is 1. The zero-order valence-electron chi connectivity index (χ0n) is 18.4. The minimum Gasteiger partial charge on any atom is -0.342 e. The molecule has 8 heteroatoms. The molecule has 0 aliphatic carbocycles. The second-order valence-electron chi connectivity index (χ2n) is 8.99. The number of carbonyl (C=O) groups is 3. The van der Waals surface area contributed by atoms with Gasteiger partial charge < -0.3 is 9.88 Å². The highest BCUT2D eigenvalue weighted by Crippen LogP contribution is 2.41. The maximum Gasteiger partial charge on any atom is 0.240 e. The summed E-state index contributed by atoms with van der Waals surface area (Å²) in [7, 11) is 1.39. The van der Waals surface area contributed by atoms with Gasteiger partial charge >= 0.3 is 0 Å². The van der Waals surface area contributed by atoms with Gasteiger partial charge in [-0.2, -0.15) is 0 Å². The van der Waals surface area contributed by atoms with Crippen molar-refractivity contribution in [2.45, 2.75) is 37.0 Å². The number of amides is 3. The van der Waals surface area contributed by atoms with E-state index in [9.17, 15) is 18.8 Å². The normalized spacial score (nSPS) is 23.5. The van der Waals surface area contributed by atoms with Crippen molar-refractivity contribution < 1.29 is 18.8 Å². The van der Waals surface area contributed by atoms with Crippen LogP contribution in [0.1, 0.15) is 43.0 Å². The Hall–Kier alpha value is -3.55. The molecule has 3 aromatic rings. The van der Waals surface area contributed by atoms with Crippen molar-refractivity contribution in [2.24, 2.45) is 0 Å². The molecule has 2 aromatic carbocycles. The Bertz CT molecular complexity index is 1220. The van der Waals surface area contributed by atoms with Crippen LogP contribution in [0.4, 0.5) is 4.39 Å². The fraction of sp³-hybridized carbons (Fsp3) is 0.360. The number of hydrogen-bond acceptors (Lipinski definition) is 4. The number of piperidine rings is 1. The molecule has 1 N–H and O–H groups in total. The Morgan fingerprint density at radius 1 is 1.18 bits per heavy atom.